The van der Waals surface area contributed by atoms with Crippen LogP contribution in [0.4, 0.5) is 4.79 Å². The maximum atomic E-state index is 11.9. The first kappa shape index (κ1) is 21.3. The van der Waals surface area contributed by atoms with Gasteiger partial charge in [-0.15, -0.1) is 0 Å². The van der Waals surface area contributed by atoms with Crippen LogP contribution in [0.1, 0.15) is 40.5 Å². The van der Waals surface area contributed by atoms with Crippen molar-refractivity contribution in [1.29, 1.82) is 0 Å². The summed E-state index contributed by atoms with van der Waals surface area (Å²) in [7, 11) is 1.22. The number of ketones is 1. The van der Waals surface area contributed by atoms with Crippen molar-refractivity contribution in [2.24, 2.45) is 0 Å². The van der Waals surface area contributed by atoms with Crippen LogP contribution < -0.4 is 5.32 Å². The lowest BCUT2D eigenvalue weighted by atomic mass is 10.2. The first-order valence-corrected chi connectivity index (χ1v) is 8.94. The van der Waals surface area contributed by atoms with Crippen LogP contribution in [0.15, 0.2) is 0 Å². The largest absolute Gasteiger partial charge is 0.467 e. The summed E-state index contributed by atoms with van der Waals surface area (Å²) in [6.07, 6.45) is -0.833. The summed E-state index contributed by atoms with van der Waals surface area (Å²) in [4.78, 5) is 46.5. The van der Waals surface area contributed by atoms with E-state index in [1.807, 2.05) is 0 Å². The molecule has 1 N–H and O–H groups in total. The molecule has 1 fully saturated rings. The van der Waals surface area contributed by atoms with Crippen LogP contribution in [0.2, 0.25) is 0 Å². The molecule has 0 bridgehead atoms. The topological polar surface area (TPSA) is 108 Å². The number of hydrogen-bond donors (Lipinski definition) is 1. The van der Waals surface area contributed by atoms with Gasteiger partial charge in [0.1, 0.15) is 23.5 Å². The van der Waals surface area contributed by atoms with E-state index in [2.05, 4.69) is 5.32 Å². The third-order valence-corrected chi connectivity index (χ3v) is 4.67. The second-order valence-corrected chi connectivity index (χ2v) is 7.96. The molecule has 0 unspecified atom stereocenters. The molecule has 0 aromatic heterocycles. The normalized spacial score (nSPS) is 21.4. The summed E-state index contributed by atoms with van der Waals surface area (Å²) in [5.74, 6) is -0.909. The van der Waals surface area contributed by atoms with Gasteiger partial charge in [-0.1, -0.05) is 0 Å². The van der Waals surface area contributed by atoms with Crippen LogP contribution in [0, 0.1) is 0 Å². The molecule has 0 heterocycles. The molecule has 1 rings (SSSR count). The Hall–Kier alpha value is -1.77. The SMILES string of the molecule is COC(=O)[C@H](CS[C@H]1CC(=O)C[C@@H]1OC(C)=O)NC(=O)OC(C)(C)C. The lowest BCUT2D eigenvalue weighted by Crippen LogP contribution is -2.46. The van der Waals surface area contributed by atoms with E-state index in [4.69, 9.17) is 14.2 Å². The van der Waals surface area contributed by atoms with Gasteiger partial charge in [0.15, 0.2) is 0 Å². The van der Waals surface area contributed by atoms with E-state index in [1.165, 1.54) is 25.8 Å². The number of methoxy groups -OCH3 is 1. The van der Waals surface area contributed by atoms with Gasteiger partial charge in [-0.05, 0) is 20.8 Å². The zero-order chi connectivity index (χ0) is 19.2. The molecule has 0 aliphatic heterocycles. The third-order valence-electron chi connectivity index (χ3n) is 3.24. The number of rotatable bonds is 6. The van der Waals surface area contributed by atoms with Crippen molar-refractivity contribution < 1.29 is 33.4 Å². The third kappa shape index (κ3) is 7.76. The van der Waals surface area contributed by atoms with E-state index < -0.39 is 35.8 Å². The number of carbonyl (C=O) groups excluding carboxylic acids is 4. The van der Waals surface area contributed by atoms with Crippen LogP contribution in [0.5, 0.6) is 0 Å². The maximum Gasteiger partial charge on any atom is 0.408 e. The smallest absolute Gasteiger partial charge is 0.408 e. The summed E-state index contributed by atoms with van der Waals surface area (Å²) >= 11 is 1.28. The quantitative estimate of drug-likeness (QED) is 0.549. The first-order chi connectivity index (χ1) is 11.5. The molecular formula is C16H25NO7S. The van der Waals surface area contributed by atoms with Gasteiger partial charge >= 0.3 is 18.0 Å². The van der Waals surface area contributed by atoms with Gasteiger partial charge in [-0.2, -0.15) is 11.8 Å². The minimum Gasteiger partial charge on any atom is -0.467 e. The number of carbonyl (C=O) groups is 4. The molecule has 1 aliphatic rings. The minimum atomic E-state index is -0.932. The zero-order valence-corrected chi connectivity index (χ0v) is 15.9. The van der Waals surface area contributed by atoms with Crippen LogP contribution in [0.3, 0.4) is 0 Å². The predicted octanol–water partition coefficient (Wildman–Crippen LogP) is 1.45. The summed E-state index contributed by atoms with van der Waals surface area (Å²) in [5.41, 5.74) is -0.698. The number of hydrogen-bond acceptors (Lipinski definition) is 8. The number of alkyl carbamates (subject to hydrolysis) is 1. The molecule has 0 spiro atoms. The molecule has 0 radical (unpaired) electrons. The number of thioether (sulfide) groups is 1. The van der Waals surface area contributed by atoms with Crippen molar-refractivity contribution in [2.75, 3.05) is 12.9 Å². The Balaban J connectivity index is 2.66. The molecule has 142 valence electrons. The number of nitrogens with one attached hydrogen (secondary N) is 1. The molecule has 0 aromatic carbocycles. The molecule has 25 heavy (non-hydrogen) atoms. The summed E-state index contributed by atoms with van der Waals surface area (Å²) in [6.45, 7) is 6.42. The predicted molar refractivity (Wildman–Crippen MR) is 91.2 cm³/mol. The highest BCUT2D eigenvalue weighted by Gasteiger charge is 2.37. The number of ether oxygens (including phenoxy) is 3. The lowest BCUT2D eigenvalue weighted by Gasteiger charge is -2.24. The lowest BCUT2D eigenvalue weighted by molar-refractivity contribution is -0.146. The Labute approximate surface area is 151 Å². The van der Waals surface area contributed by atoms with Gasteiger partial charge in [-0.25, -0.2) is 9.59 Å². The molecular weight excluding hydrogens is 350 g/mol. The summed E-state index contributed by atoms with van der Waals surface area (Å²) in [5, 5.41) is 2.21. The maximum absolute atomic E-state index is 11.9. The van der Waals surface area contributed by atoms with Gasteiger partial charge < -0.3 is 19.5 Å². The Morgan fingerprint density at radius 2 is 1.92 bits per heavy atom. The highest BCUT2D eigenvalue weighted by atomic mass is 32.2. The van der Waals surface area contributed by atoms with E-state index in [9.17, 15) is 19.2 Å². The van der Waals surface area contributed by atoms with Crippen LogP contribution in [0.25, 0.3) is 0 Å². The standard InChI is InChI=1S/C16H25NO7S/c1-9(18)23-12-6-10(19)7-13(12)25-8-11(14(20)22-5)17-15(21)24-16(2,3)4/h11-13H,6-8H2,1-5H3,(H,17,21)/t11-,12-,13-/m0/s1. The molecule has 9 heteroatoms. The van der Waals surface area contributed by atoms with Gasteiger partial charge in [0, 0.05) is 30.8 Å². The average Bonchev–Trinajstić information content (AvgIpc) is 2.79. The Bertz CT molecular complexity index is 529. The van der Waals surface area contributed by atoms with Crippen molar-refractivity contribution in [2.45, 2.75) is 63.5 Å². The second-order valence-electron chi connectivity index (χ2n) is 6.69. The fourth-order valence-corrected chi connectivity index (χ4v) is 3.60. The average molecular weight is 375 g/mol. The van der Waals surface area contributed by atoms with E-state index in [0.29, 0.717) is 0 Å². The summed E-state index contributed by atoms with van der Waals surface area (Å²) in [6, 6.07) is -0.932. The second kappa shape index (κ2) is 9.07. The molecule has 1 amide bonds. The van der Waals surface area contributed by atoms with E-state index in [1.54, 1.807) is 20.8 Å². The molecule has 1 aliphatic carbocycles. The zero-order valence-electron chi connectivity index (χ0n) is 15.1. The Morgan fingerprint density at radius 3 is 2.44 bits per heavy atom. The van der Waals surface area contributed by atoms with Crippen molar-refractivity contribution >= 4 is 35.6 Å². The van der Waals surface area contributed by atoms with Crippen LogP contribution >= 0.6 is 11.8 Å². The Morgan fingerprint density at radius 1 is 1.28 bits per heavy atom. The minimum absolute atomic E-state index is 0.00142. The fourth-order valence-electron chi connectivity index (χ4n) is 2.27. The van der Waals surface area contributed by atoms with E-state index in [0.717, 1.165) is 0 Å². The number of Topliss-reactive ketones (excluding diaryl/α,β-unsaturated/α-hetero) is 1. The van der Waals surface area contributed by atoms with E-state index in [-0.39, 0.29) is 29.6 Å². The first-order valence-electron chi connectivity index (χ1n) is 7.89. The van der Waals surface area contributed by atoms with Crippen molar-refractivity contribution in [3.63, 3.8) is 0 Å². The molecule has 8 nitrogen and oxygen atoms in total. The molecule has 3 atom stereocenters. The molecule has 1 saturated carbocycles. The van der Waals surface area contributed by atoms with Gasteiger partial charge in [-0.3, -0.25) is 9.59 Å². The van der Waals surface area contributed by atoms with Crippen LogP contribution in [-0.2, 0) is 28.6 Å². The van der Waals surface area contributed by atoms with Gasteiger partial charge in [0.05, 0.1) is 7.11 Å². The molecule has 0 aromatic rings. The Kier molecular flexibility index (Phi) is 7.72. The van der Waals surface area contributed by atoms with Gasteiger partial charge in [0.2, 0.25) is 0 Å². The van der Waals surface area contributed by atoms with Crippen molar-refractivity contribution in [3.05, 3.63) is 0 Å². The number of amides is 1. The molecule has 0 saturated heterocycles. The van der Waals surface area contributed by atoms with Crippen LogP contribution in [-0.4, -0.2) is 59.7 Å². The van der Waals surface area contributed by atoms with E-state index >= 15 is 0 Å². The van der Waals surface area contributed by atoms with Crippen molar-refractivity contribution in [3.8, 4) is 0 Å². The monoisotopic (exact) mass is 375 g/mol. The number of esters is 2. The van der Waals surface area contributed by atoms with Gasteiger partial charge in [0.25, 0.3) is 0 Å². The highest BCUT2D eigenvalue weighted by Crippen LogP contribution is 2.31. The van der Waals surface area contributed by atoms with Crippen molar-refractivity contribution in [1.82, 2.24) is 5.32 Å². The fraction of sp³-hybridized carbons (Fsp3) is 0.750. The highest BCUT2D eigenvalue weighted by molar-refractivity contribution is 8.00. The summed E-state index contributed by atoms with van der Waals surface area (Å²) < 4.78 is 15.0.